The second kappa shape index (κ2) is 9.85. The van der Waals surface area contributed by atoms with Gasteiger partial charge < -0.3 is 15.0 Å². The Morgan fingerprint density at radius 3 is 2.00 bits per heavy atom. The third-order valence-corrected chi connectivity index (χ3v) is 7.34. The van der Waals surface area contributed by atoms with E-state index in [-0.39, 0.29) is 29.3 Å². The fourth-order valence-electron chi connectivity index (χ4n) is 5.64. The quantitative estimate of drug-likeness (QED) is 0.223. The summed E-state index contributed by atoms with van der Waals surface area (Å²) in [6.45, 7) is 7.47. The molecule has 37 heavy (non-hydrogen) atoms. The Bertz CT molecular complexity index is 1510. The number of allylic oxidation sites excluding steroid dienone is 4. The molecule has 2 atom stereocenters. The smallest absolute Gasteiger partial charge is 0.161 e. The highest BCUT2D eigenvalue weighted by atomic mass is 19.1. The molecule has 1 aromatic carbocycles. The summed E-state index contributed by atoms with van der Waals surface area (Å²) in [4.78, 5) is 22.9. The van der Waals surface area contributed by atoms with E-state index in [0.717, 1.165) is 50.9 Å². The van der Waals surface area contributed by atoms with Gasteiger partial charge in [0, 0.05) is 46.1 Å². The highest BCUT2D eigenvalue weighted by molar-refractivity contribution is 5.97. The Balaban J connectivity index is 1.64. The van der Waals surface area contributed by atoms with Crippen molar-refractivity contribution in [3.63, 3.8) is 0 Å². The minimum atomic E-state index is -0.277. The van der Waals surface area contributed by atoms with E-state index < -0.39 is 0 Å². The number of aromatic nitrogens is 3. The molecule has 2 unspecified atom stereocenters. The third kappa shape index (κ3) is 4.76. The van der Waals surface area contributed by atoms with Crippen molar-refractivity contribution >= 4 is 5.78 Å². The molecule has 5 rings (SSSR count). The van der Waals surface area contributed by atoms with Crippen LogP contribution in [0.1, 0.15) is 87.2 Å². The molecule has 4 aromatic rings. The molecule has 0 saturated heterocycles. The molecule has 0 amide bonds. The van der Waals surface area contributed by atoms with Gasteiger partial charge in [-0.1, -0.05) is 23.8 Å². The van der Waals surface area contributed by atoms with Crippen LogP contribution in [-0.4, -0.2) is 20.7 Å². The van der Waals surface area contributed by atoms with Gasteiger partial charge in [-0.25, -0.2) is 8.78 Å². The molecule has 6 heteroatoms. The molecule has 0 spiro atoms. The number of Topliss-reactive ketones (excluding diaryl/α,β-unsaturated/α-hetero) is 1. The number of ketones is 1. The molecule has 3 N–H and O–H groups in total. The maximum absolute atomic E-state index is 13.9. The van der Waals surface area contributed by atoms with Crippen LogP contribution in [-0.2, 0) is 0 Å². The largest absolute Gasteiger partial charge is 0.362 e. The van der Waals surface area contributed by atoms with E-state index in [1.165, 1.54) is 18.2 Å². The zero-order chi connectivity index (χ0) is 26.3. The van der Waals surface area contributed by atoms with Crippen LogP contribution in [0.15, 0.2) is 72.1 Å². The van der Waals surface area contributed by atoms with Crippen molar-refractivity contribution in [1.29, 1.82) is 0 Å². The predicted molar refractivity (Wildman–Crippen MR) is 142 cm³/mol. The second-order valence-electron chi connectivity index (χ2n) is 9.96. The second-order valence-corrected chi connectivity index (χ2v) is 9.96. The topological polar surface area (TPSA) is 64.4 Å². The lowest BCUT2D eigenvalue weighted by molar-refractivity contribution is 0.101. The minimum Gasteiger partial charge on any atom is -0.362 e. The summed E-state index contributed by atoms with van der Waals surface area (Å²) in [6.07, 6.45) is 4.34. The number of H-pyrrole nitrogens is 3. The fourth-order valence-corrected chi connectivity index (χ4v) is 5.64. The molecule has 1 aliphatic rings. The Hall–Kier alpha value is -3.93. The van der Waals surface area contributed by atoms with Gasteiger partial charge in [-0.3, -0.25) is 4.79 Å². The van der Waals surface area contributed by atoms with Crippen LogP contribution in [0.5, 0.6) is 0 Å². The summed E-state index contributed by atoms with van der Waals surface area (Å²) in [5.41, 5.74) is 9.38. The maximum Gasteiger partial charge on any atom is 0.161 e. The van der Waals surface area contributed by atoms with Crippen LogP contribution in [0, 0.1) is 26.6 Å². The third-order valence-electron chi connectivity index (χ3n) is 7.34. The van der Waals surface area contributed by atoms with Gasteiger partial charge in [0.1, 0.15) is 11.6 Å². The Morgan fingerprint density at radius 1 is 0.784 bits per heavy atom. The summed E-state index contributed by atoms with van der Waals surface area (Å²) in [7, 11) is 0. The van der Waals surface area contributed by atoms with Gasteiger partial charge in [-0.05, 0) is 87.7 Å². The number of hydrogen-bond acceptors (Lipinski definition) is 1. The first-order valence-electron chi connectivity index (χ1n) is 12.6. The van der Waals surface area contributed by atoms with E-state index in [9.17, 15) is 13.6 Å². The van der Waals surface area contributed by atoms with E-state index in [4.69, 9.17) is 0 Å². The van der Waals surface area contributed by atoms with Crippen molar-refractivity contribution in [2.75, 3.05) is 0 Å². The number of carbonyl (C=O) groups is 1. The zero-order valence-electron chi connectivity index (χ0n) is 21.5. The van der Waals surface area contributed by atoms with Gasteiger partial charge in [-0.2, -0.15) is 0 Å². The molecule has 4 nitrogen and oxygen atoms in total. The van der Waals surface area contributed by atoms with Gasteiger partial charge in [0.15, 0.2) is 5.78 Å². The maximum atomic E-state index is 13.9. The standard InChI is InChI=1S/C31H31F2N3O/c1-17-5-14-25(34-17)29(21-6-10-23(32)11-7-21)26-15-16-27(36-26)30(22-8-12-24(33)13-9-22)31-18(2)28(20(4)37)19(3)35-31/h5-8,10-12,14-16,29-30,34-36H,9,13H2,1-4H3. The molecule has 0 saturated carbocycles. The Morgan fingerprint density at radius 2 is 1.43 bits per heavy atom. The normalized spacial score (nSPS) is 15.3. The molecule has 0 bridgehead atoms. The lowest BCUT2D eigenvalue weighted by atomic mass is 9.85. The number of halogens is 2. The van der Waals surface area contributed by atoms with Gasteiger partial charge in [0.05, 0.1) is 11.8 Å². The molecular weight excluding hydrogens is 468 g/mol. The molecule has 1 aliphatic carbocycles. The van der Waals surface area contributed by atoms with Crippen LogP contribution in [0.3, 0.4) is 0 Å². The molecule has 190 valence electrons. The van der Waals surface area contributed by atoms with Crippen molar-refractivity contribution in [3.8, 4) is 0 Å². The summed E-state index contributed by atoms with van der Waals surface area (Å²) < 4.78 is 27.7. The van der Waals surface area contributed by atoms with Gasteiger partial charge in [0.25, 0.3) is 0 Å². The average molecular weight is 500 g/mol. The van der Waals surface area contributed by atoms with E-state index >= 15 is 0 Å². The molecule has 0 fully saturated rings. The molecule has 3 aromatic heterocycles. The molecule has 3 heterocycles. The van der Waals surface area contributed by atoms with Crippen LogP contribution >= 0.6 is 0 Å². The summed E-state index contributed by atoms with van der Waals surface area (Å²) in [5.74, 6) is -0.729. The fraction of sp³-hybridized carbons (Fsp3) is 0.258. The number of benzene rings is 1. The number of hydrogen-bond donors (Lipinski definition) is 3. The summed E-state index contributed by atoms with van der Waals surface area (Å²) >= 11 is 0. The number of rotatable bonds is 7. The van der Waals surface area contributed by atoms with Crippen LogP contribution < -0.4 is 0 Å². The van der Waals surface area contributed by atoms with Gasteiger partial charge in [0.2, 0.25) is 0 Å². The first-order valence-corrected chi connectivity index (χ1v) is 12.6. The van der Waals surface area contributed by atoms with Crippen molar-refractivity contribution in [2.45, 2.75) is 52.4 Å². The molecule has 0 radical (unpaired) electrons. The van der Waals surface area contributed by atoms with Gasteiger partial charge in [-0.15, -0.1) is 0 Å². The Kier molecular flexibility index (Phi) is 6.59. The van der Waals surface area contributed by atoms with Crippen molar-refractivity contribution in [3.05, 3.63) is 129 Å². The highest BCUT2D eigenvalue weighted by Gasteiger charge is 2.29. The first kappa shape index (κ1) is 24.8. The van der Waals surface area contributed by atoms with Crippen LogP contribution in [0.4, 0.5) is 8.78 Å². The van der Waals surface area contributed by atoms with E-state index in [2.05, 4.69) is 33.2 Å². The average Bonchev–Trinajstić information content (AvgIpc) is 3.57. The van der Waals surface area contributed by atoms with Crippen molar-refractivity contribution in [2.24, 2.45) is 0 Å². The number of nitrogens with one attached hydrogen (secondary N) is 3. The Labute approximate surface area is 215 Å². The molecular formula is C31H31F2N3O. The van der Waals surface area contributed by atoms with E-state index in [1.807, 2.05) is 45.0 Å². The lowest BCUT2D eigenvalue weighted by Gasteiger charge is -2.22. The zero-order valence-corrected chi connectivity index (χ0v) is 21.5. The van der Waals surface area contributed by atoms with Crippen LogP contribution in [0.2, 0.25) is 0 Å². The van der Waals surface area contributed by atoms with Gasteiger partial charge >= 0.3 is 0 Å². The SMILES string of the molecule is CC(=O)c1c(C)[nH]c(C(C2=CC=C(F)CC2)c2ccc(C(c3ccc(F)cc3)c3ccc(C)[nH]3)[nH]2)c1C. The van der Waals surface area contributed by atoms with Crippen LogP contribution in [0.25, 0.3) is 0 Å². The predicted octanol–water partition coefficient (Wildman–Crippen LogP) is 7.82. The summed E-state index contributed by atoms with van der Waals surface area (Å²) in [6, 6.07) is 14.8. The molecule has 0 aliphatic heterocycles. The van der Waals surface area contributed by atoms with E-state index in [0.29, 0.717) is 18.4 Å². The van der Waals surface area contributed by atoms with Crippen molar-refractivity contribution in [1.82, 2.24) is 15.0 Å². The van der Waals surface area contributed by atoms with Crippen molar-refractivity contribution < 1.29 is 13.6 Å². The summed E-state index contributed by atoms with van der Waals surface area (Å²) in [5, 5.41) is 0. The highest BCUT2D eigenvalue weighted by Crippen LogP contribution is 2.40. The number of aryl methyl sites for hydroxylation is 2. The first-order chi connectivity index (χ1) is 17.7. The minimum absolute atomic E-state index is 0.0190. The van der Waals surface area contributed by atoms with E-state index in [1.54, 1.807) is 6.92 Å². The lowest BCUT2D eigenvalue weighted by Crippen LogP contribution is -2.11. The number of aromatic amines is 3. The number of carbonyl (C=O) groups excluding carboxylic acids is 1. The monoisotopic (exact) mass is 499 g/mol.